The Bertz CT molecular complexity index is 316. The maximum absolute atomic E-state index is 6.08. The van der Waals surface area contributed by atoms with E-state index < -0.39 is 0 Å². The van der Waals surface area contributed by atoms with Crippen LogP contribution in [0.5, 0.6) is 0 Å². The molecule has 0 spiro atoms. The van der Waals surface area contributed by atoms with E-state index >= 15 is 0 Å². The third kappa shape index (κ3) is 3.22. The highest BCUT2D eigenvalue weighted by Crippen LogP contribution is 2.17. The predicted molar refractivity (Wildman–Crippen MR) is 65.3 cm³/mol. The van der Waals surface area contributed by atoms with Crippen molar-refractivity contribution in [2.75, 3.05) is 13.1 Å². The Morgan fingerprint density at radius 1 is 1.33 bits per heavy atom. The van der Waals surface area contributed by atoms with Gasteiger partial charge in [0.2, 0.25) is 0 Å². The second kappa shape index (κ2) is 5.00. The van der Waals surface area contributed by atoms with Crippen molar-refractivity contribution in [3.05, 3.63) is 35.4 Å². The van der Waals surface area contributed by atoms with E-state index in [9.17, 15) is 0 Å². The quantitative estimate of drug-likeness (QED) is 0.696. The molecule has 2 rings (SSSR count). The summed E-state index contributed by atoms with van der Waals surface area (Å²) in [7, 11) is 0. The van der Waals surface area contributed by atoms with Crippen LogP contribution in [0.2, 0.25) is 0 Å². The van der Waals surface area contributed by atoms with Gasteiger partial charge in [-0.05, 0) is 38.4 Å². The fourth-order valence-electron chi connectivity index (χ4n) is 2.13. The van der Waals surface area contributed by atoms with Gasteiger partial charge in [-0.3, -0.25) is 4.90 Å². The summed E-state index contributed by atoms with van der Waals surface area (Å²) in [5.41, 5.74) is 2.77. The maximum Gasteiger partial charge on any atom is 0.0360 e. The highest BCUT2D eigenvalue weighted by atomic mass is 35.5. The van der Waals surface area contributed by atoms with E-state index in [1.54, 1.807) is 0 Å². The van der Waals surface area contributed by atoms with E-state index in [-0.39, 0.29) is 0 Å². The van der Waals surface area contributed by atoms with Gasteiger partial charge in [0.1, 0.15) is 0 Å². The largest absolute Gasteiger partial charge is 0.299 e. The SMILES string of the molecule is Cc1cccc(CN2CCC(Cl)CC2)c1. The maximum atomic E-state index is 6.08. The van der Waals surface area contributed by atoms with E-state index in [0.717, 1.165) is 32.5 Å². The van der Waals surface area contributed by atoms with Crippen molar-refractivity contribution in [1.82, 2.24) is 4.90 Å². The van der Waals surface area contributed by atoms with Crippen molar-refractivity contribution < 1.29 is 0 Å². The molecule has 1 saturated heterocycles. The Balaban J connectivity index is 1.92. The average molecular weight is 224 g/mol. The second-order valence-corrected chi connectivity index (χ2v) is 5.06. The first kappa shape index (κ1) is 11.0. The van der Waals surface area contributed by atoms with Crippen molar-refractivity contribution in [3.63, 3.8) is 0 Å². The van der Waals surface area contributed by atoms with Crippen LogP contribution >= 0.6 is 11.6 Å². The van der Waals surface area contributed by atoms with Crippen LogP contribution in [0.4, 0.5) is 0 Å². The number of alkyl halides is 1. The molecule has 1 fully saturated rings. The average Bonchev–Trinajstić information content (AvgIpc) is 2.22. The van der Waals surface area contributed by atoms with Crippen molar-refractivity contribution in [2.24, 2.45) is 0 Å². The van der Waals surface area contributed by atoms with Crippen molar-refractivity contribution in [2.45, 2.75) is 31.7 Å². The molecule has 1 aromatic rings. The predicted octanol–water partition coefficient (Wildman–Crippen LogP) is 3.20. The fraction of sp³-hybridized carbons (Fsp3) is 0.538. The molecular weight excluding hydrogens is 206 g/mol. The number of piperidine rings is 1. The van der Waals surface area contributed by atoms with Gasteiger partial charge in [-0.15, -0.1) is 11.6 Å². The summed E-state index contributed by atoms with van der Waals surface area (Å²) in [4.78, 5) is 2.49. The molecule has 0 atom stereocenters. The van der Waals surface area contributed by atoms with Gasteiger partial charge in [-0.1, -0.05) is 29.8 Å². The van der Waals surface area contributed by atoms with E-state index in [1.807, 2.05) is 0 Å². The first-order valence-corrected chi connectivity index (χ1v) is 6.09. The van der Waals surface area contributed by atoms with Crippen LogP contribution in [0, 0.1) is 6.92 Å². The molecule has 15 heavy (non-hydrogen) atoms. The van der Waals surface area contributed by atoms with Gasteiger partial charge in [0.25, 0.3) is 0 Å². The molecule has 0 unspecified atom stereocenters. The smallest absolute Gasteiger partial charge is 0.0360 e. The van der Waals surface area contributed by atoms with E-state index in [0.29, 0.717) is 5.38 Å². The highest BCUT2D eigenvalue weighted by Gasteiger charge is 2.16. The molecule has 0 saturated carbocycles. The summed E-state index contributed by atoms with van der Waals surface area (Å²) in [5.74, 6) is 0. The lowest BCUT2D eigenvalue weighted by Crippen LogP contribution is -2.33. The van der Waals surface area contributed by atoms with Crippen molar-refractivity contribution in [1.29, 1.82) is 0 Å². The lowest BCUT2D eigenvalue weighted by molar-refractivity contribution is 0.223. The number of rotatable bonds is 2. The monoisotopic (exact) mass is 223 g/mol. The molecule has 2 heteroatoms. The molecule has 1 aliphatic rings. The van der Waals surface area contributed by atoms with Gasteiger partial charge in [-0.2, -0.15) is 0 Å². The van der Waals surface area contributed by atoms with Crippen LogP contribution in [0.3, 0.4) is 0 Å². The Hall–Kier alpha value is -0.530. The van der Waals surface area contributed by atoms with Gasteiger partial charge in [0, 0.05) is 11.9 Å². The number of benzene rings is 1. The van der Waals surface area contributed by atoms with Crippen LogP contribution in [-0.2, 0) is 6.54 Å². The lowest BCUT2D eigenvalue weighted by Gasteiger charge is -2.29. The molecule has 82 valence electrons. The number of nitrogens with zero attached hydrogens (tertiary/aromatic N) is 1. The van der Waals surface area contributed by atoms with E-state index in [1.165, 1.54) is 11.1 Å². The number of halogens is 1. The van der Waals surface area contributed by atoms with Gasteiger partial charge in [-0.25, -0.2) is 0 Å². The van der Waals surface area contributed by atoms with E-state index in [2.05, 4.69) is 36.1 Å². The third-order valence-electron chi connectivity index (χ3n) is 3.01. The molecule has 0 radical (unpaired) electrons. The molecule has 1 aromatic carbocycles. The van der Waals surface area contributed by atoms with Crippen molar-refractivity contribution >= 4 is 11.6 Å². The Morgan fingerprint density at radius 2 is 2.07 bits per heavy atom. The van der Waals surface area contributed by atoms with Crippen LogP contribution in [0.1, 0.15) is 24.0 Å². The topological polar surface area (TPSA) is 3.24 Å². The normalized spacial score (nSPS) is 19.3. The summed E-state index contributed by atoms with van der Waals surface area (Å²) in [5, 5.41) is 0.402. The first-order valence-electron chi connectivity index (χ1n) is 5.66. The minimum atomic E-state index is 0.402. The van der Waals surface area contributed by atoms with Crippen LogP contribution in [0.25, 0.3) is 0 Å². The zero-order valence-corrected chi connectivity index (χ0v) is 10.0. The summed E-state index contributed by atoms with van der Waals surface area (Å²) >= 11 is 6.08. The summed E-state index contributed by atoms with van der Waals surface area (Å²) in [6.07, 6.45) is 2.26. The Labute approximate surface area is 97.0 Å². The van der Waals surface area contributed by atoms with Gasteiger partial charge >= 0.3 is 0 Å². The highest BCUT2D eigenvalue weighted by molar-refractivity contribution is 6.20. The summed E-state index contributed by atoms with van der Waals surface area (Å²) < 4.78 is 0. The zero-order chi connectivity index (χ0) is 10.7. The van der Waals surface area contributed by atoms with Gasteiger partial charge in [0.05, 0.1) is 0 Å². The second-order valence-electron chi connectivity index (χ2n) is 4.44. The number of likely N-dealkylation sites (tertiary alicyclic amines) is 1. The zero-order valence-electron chi connectivity index (χ0n) is 9.25. The van der Waals surface area contributed by atoms with Crippen LogP contribution < -0.4 is 0 Å². The Kier molecular flexibility index (Phi) is 3.66. The molecule has 0 amide bonds. The first-order chi connectivity index (χ1) is 7.24. The minimum absolute atomic E-state index is 0.402. The van der Waals surface area contributed by atoms with Crippen LogP contribution in [0.15, 0.2) is 24.3 Å². The third-order valence-corrected chi connectivity index (χ3v) is 3.44. The number of aryl methyl sites for hydroxylation is 1. The van der Waals surface area contributed by atoms with Gasteiger partial charge in [0.15, 0.2) is 0 Å². The molecule has 0 bridgehead atoms. The molecule has 1 nitrogen and oxygen atoms in total. The molecule has 1 heterocycles. The number of hydrogen-bond donors (Lipinski definition) is 0. The molecule has 1 aliphatic heterocycles. The number of hydrogen-bond acceptors (Lipinski definition) is 1. The lowest BCUT2D eigenvalue weighted by atomic mass is 10.1. The summed E-state index contributed by atoms with van der Waals surface area (Å²) in [6, 6.07) is 8.76. The minimum Gasteiger partial charge on any atom is -0.299 e. The summed E-state index contributed by atoms with van der Waals surface area (Å²) in [6.45, 7) is 5.50. The molecule has 0 aromatic heterocycles. The molecular formula is C13H18ClN. The standard InChI is InChI=1S/C13H18ClN/c1-11-3-2-4-12(9-11)10-15-7-5-13(14)6-8-15/h2-4,9,13H,5-8,10H2,1H3. The van der Waals surface area contributed by atoms with E-state index in [4.69, 9.17) is 11.6 Å². The van der Waals surface area contributed by atoms with Crippen LogP contribution in [-0.4, -0.2) is 23.4 Å². The van der Waals surface area contributed by atoms with Crippen molar-refractivity contribution in [3.8, 4) is 0 Å². The van der Waals surface area contributed by atoms with Gasteiger partial charge < -0.3 is 0 Å². The molecule has 0 N–H and O–H groups in total. The molecule has 0 aliphatic carbocycles. The fourth-order valence-corrected chi connectivity index (χ4v) is 2.32. The Morgan fingerprint density at radius 3 is 2.73 bits per heavy atom.